The Hall–Kier alpha value is -1.88. The standard InChI is InChI=1S/C16H23N3O2/c1-12-6-7-16(21)19(9-8-12)11-14-5-3-2-4-13(14)10-15(20)18-17/h2-5,12H,6-11,17H2,1H3,(H,18,20). The monoisotopic (exact) mass is 289 g/mol. The lowest BCUT2D eigenvalue weighted by atomic mass is 10.0. The Bertz CT molecular complexity index is 516. The highest BCUT2D eigenvalue weighted by Crippen LogP contribution is 2.20. The molecule has 1 saturated heterocycles. The molecule has 114 valence electrons. The largest absolute Gasteiger partial charge is 0.338 e. The molecule has 1 fully saturated rings. The molecule has 5 heteroatoms. The van der Waals surface area contributed by atoms with E-state index in [-0.39, 0.29) is 18.2 Å². The maximum atomic E-state index is 12.2. The Balaban J connectivity index is 2.11. The molecule has 0 bridgehead atoms. The molecule has 3 N–H and O–H groups in total. The van der Waals surface area contributed by atoms with E-state index in [0.29, 0.717) is 18.9 Å². The minimum absolute atomic E-state index is 0.206. The van der Waals surface area contributed by atoms with Crippen LogP contribution in [0.1, 0.15) is 37.3 Å². The molecule has 1 unspecified atom stereocenters. The number of hydrogen-bond donors (Lipinski definition) is 2. The first-order valence-electron chi connectivity index (χ1n) is 7.44. The van der Waals surface area contributed by atoms with E-state index in [1.807, 2.05) is 29.2 Å². The maximum absolute atomic E-state index is 12.2. The Kier molecular flexibility index (Phi) is 5.33. The van der Waals surface area contributed by atoms with Crippen LogP contribution in [0.2, 0.25) is 0 Å². The number of carbonyl (C=O) groups is 2. The number of hydrogen-bond acceptors (Lipinski definition) is 3. The zero-order chi connectivity index (χ0) is 15.2. The highest BCUT2D eigenvalue weighted by Gasteiger charge is 2.21. The van der Waals surface area contributed by atoms with Gasteiger partial charge in [0, 0.05) is 19.5 Å². The molecule has 0 spiro atoms. The summed E-state index contributed by atoms with van der Waals surface area (Å²) in [5, 5.41) is 0. The fourth-order valence-corrected chi connectivity index (χ4v) is 2.65. The molecule has 1 aromatic rings. The summed E-state index contributed by atoms with van der Waals surface area (Å²) in [4.78, 5) is 25.6. The Morgan fingerprint density at radius 3 is 2.76 bits per heavy atom. The number of nitrogens with two attached hydrogens (primary N) is 1. The molecule has 0 aliphatic carbocycles. The van der Waals surface area contributed by atoms with Crippen molar-refractivity contribution in [3.63, 3.8) is 0 Å². The minimum Gasteiger partial charge on any atom is -0.338 e. The molecule has 1 aliphatic heterocycles. The van der Waals surface area contributed by atoms with Gasteiger partial charge in [-0.1, -0.05) is 31.2 Å². The minimum atomic E-state index is -0.224. The molecule has 0 aromatic heterocycles. The van der Waals surface area contributed by atoms with Gasteiger partial charge >= 0.3 is 0 Å². The molecule has 2 amide bonds. The van der Waals surface area contributed by atoms with Crippen LogP contribution in [0.25, 0.3) is 0 Å². The number of benzene rings is 1. The summed E-state index contributed by atoms with van der Waals surface area (Å²) < 4.78 is 0. The molecule has 1 aliphatic rings. The molecule has 1 atom stereocenters. The van der Waals surface area contributed by atoms with E-state index >= 15 is 0 Å². The summed E-state index contributed by atoms with van der Waals surface area (Å²) in [6.07, 6.45) is 2.86. The predicted molar refractivity (Wildman–Crippen MR) is 80.9 cm³/mol. The second-order valence-corrected chi connectivity index (χ2v) is 5.76. The van der Waals surface area contributed by atoms with E-state index in [9.17, 15) is 9.59 Å². The van der Waals surface area contributed by atoms with Gasteiger partial charge in [-0.3, -0.25) is 15.0 Å². The number of amides is 2. The average Bonchev–Trinajstić information content (AvgIpc) is 2.64. The fourth-order valence-electron chi connectivity index (χ4n) is 2.65. The van der Waals surface area contributed by atoms with Gasteiger partial charge in [0.1, 0.15) is 0 Å². The topological polar surface area (TPSA) is 75.4 Å². The van der Waals surface area contributed by atoms with Crippen molar-refractivity contribution < 1.29 is 9.59 Å². The van der Waals surface area contributed by atoms with Crippen molar-refractivity contribution in [3.05, 3.63) is 35.4 Å². The number of likely N-dealkylation sites (tertiary alicyclic amines) is 1. The summed E-state index contributed by atoms with van der Waals surface area (Å²) in [6.45, 7) is 3.55. The molecular weight excluding hydrogens is 266 g/mol. The molecule has 0 saturated carbocycles. The van der Waals surface area contributed by atoms with Crippen LogP contribution >= 0.6 is 0 Å². The lowest BCUT2D eigenvalue weighted by Crippen LogP contribution is -2.33. The van der Waals surface area contributed by atoms with Gasteiger partial charge in [-0.2, -0.15) is 0 Å². The summed E-state index contributed by atoms with van der Waals surface area (Å²) in [6, 6.07) is 7.72. The van der Waals surface area contributed by atoms with Gasteiger partial charge in [-0.25, -0.2) is 5.84 Å². The smallest absolute Gasteiger partial charge is 0.238 e. The van der Waals surface area contributed by atoms with E-state index in [4.69, 9.17) is 5.84 Å². The van der Waals surface area contributed by atoms with Gasteiger partial charge < -0.3 is 4.90 Å². The number of nitrogens with zero attached hydrogens (tertiary/aromatic N) is 1. The third-order valence-electron chi connectivity index (χ3n) is 4.09. The normalized spacial score (nSPS) is 19.2. The first-order chi connectivity index (χ1) is 10.1. The number of rotatable bonds is 4. The van der Waals surface area contributed by atoms with Crippen LogP contribution in [-0.4, -0.2) is 23.3 Å². The molecule has 1 heterocycles. The lowest BCUT2D eigenvalue weighted by Gasteiger charge is -2.22. The predicted octanol–water partition coefficient (Wildman–Crippen LogP) is 1.37. The Morgan fingerprint density at radius 2 is 2.05 bits per heavy atom. The Morgan fingerprint density at radius 1 is 1.33 bits per heavy atom. The van der Waals surface area contributed by atoms with Crippen molar-refractivity contribution in [1.29, 1.82) is 0 Å². The van der Waals surface area contributed by atoms with Crippen LogP contribution in [0.15, 0.2) is 24.3 Å². The van der Waals surface area contributed by atoms with Crippen LogP contribution in [-0.2, 0) is 22.6 Å². The van der Waals surface area contributed by atoms with Crippen LogP contribution in [0.4, 0.5) is 0 Å². The third kappa shape index (κ3) is 4.29. The molecule has 1 aromatic carbocycles. The van der Waals surface area contributed by atoms with E-state index in [1.54, 1.807) is 0 Å². The number of hydrazine groups is 1. The average molecular weight is 289 g/mol. The first kappa shape index (κ1) is 15.5. The first-order valence-corrected chi connectivity index (χ1v) is 7.44. The highest BCUT2D eigenvalue weighted by atomic mass is 16.2. The molecule has 2 rings (SSSR count). The van der Waals surface area contributed by atoms with Crippen LogP contribution in [0, 0.1) is 5.92 Å². The molecular formula is C16H23N3O2. The number of carbonyl (C=O) groups excluding carboxylic acids is 2. The van der Waals surface area contributed by atoms with Crippen LogP contribution in [0.3, 0.4) is 0 Å². The van der Waals surface area contributed by atoms with Crippen LogP contribution < -0.4 is 11.3 Å². The second kappa shape index (κ2) is 7.22. The van der Waals surface area contributed by atoms with Crippen molar-refractivity contribution in [1.82, 2.24) is 10.3 Å². The Labute approximate surface area is 125 Å². The van der Waals surface area contributed by atoms with Crippen molar-refractivity contribution in [3.8, 4) is 0 Å². The van der Waals surface area contributed by atoms with Gasteiger partial charge in [0.15, 0.2) is 0 Å². The van der Waals surface area contributed by atoms with Crippen molar-refractivity contribution in [2.45, 2.75) is 39.2 Å². The zero-order valence-corrected chi connectivity index (χ0v) is 12.5. The zero-order valence-electron chi connectivity index (χ0n) is 12.5. The van der Waals surface area contributed by atoms with Crippen LogP contribution in [0.5, 0.6) is 0 Å². The van der Waals surface area contributed by atoms with Gasteiger partial charge in [-0.15, -0.1) is 0 Å². The van der Waals surface area contributed by atoms with E-state index < -0.39 is 0 Å². The van der Waals surface area contributed by atoms with Crippen molar-refractivity contribution in [2.24, 2.45) is 11.8 Å². The fraction of sp³-hybridized carbons (Fsp3) is 0.500. The maximum Gasteiger partial charge on any atom is 0.238 e. The molecule has 21 heavy (non-hydrogen) atoms. The number of nitrogens with one attached hydrogen (secondary N) is 1. The van der Waals surface area contributed by atoms with Gasteiger partial charge in [0.2, 0.25) is 11.8 Å². The van der Waals surface area contributed by atoms with Crippen molar-refractivity contribution >= 4 is 11.8 Å². The highest BCUT2D eigenvalue weighted by molar-refractivity contribution is 5.78. The summed E-state index contributed by atoms with van der Waals surface area (Å²) in [5.74, 6) is 5.72. The SMILES string of the molecule is CC1CCC(=O)N(Cc2ccccc2CC(=O)NN)CC1. The van der Waals surface area contributed by atoms with E-state index in [1.165, 1.54) is 0 Å². The summed E-state index contributed by atoms with van der Waals surface area (Å²) in [5.41, 5.74) is 4.09. The van der Waals surface area contributed by atoms with E-state index in [2.05, 4.69) is 12.3 Å². The molecule has 0 radical (unpaired) electrons. The van der Waals surface area contributed by atoms with Gasteiger partial charge in [0.05, 0.1) is 6.42 Å². The second-order valence-electron chi connectivity index (χ2n) is 5.76. The lowest BCUT2D eigenvalue weighted by molar-refractivity contribution is -0.131. The van der Waals surface area contributed by atoms with E-state index in [0.717, 1.165) is 30.5 Å². The summed E-state index contributed by atoms with van der Waals surface area (Å²) in [7, 11) is 0. The summed E-state index contributed by atoms with van der Waals surface area (Å²) >= 11 is 0. The van der Waals surface area contributed by atoms with Gasteiger partial charge in [-0.05, 0) is 29.9 Å². The van der Waals surface area contributed by atoms with Gasteiger partial charge in [0.25, 0.3) is 0 Å². The quantitative estimate of drug-likeness (QED) is 0.499. The molecule has 5 nitrogen and oxygen atoms in total. The van der Waals surface area contributed by atoms with Crippen molar-refractivity contribution in [2.75, 3.05) is 6.54 Å². The third-order valence-corrected chi connectivity index (χ3v) is 4.09.